The van der Waals surface area contributed by atoms with Gasteiger partial charge in [0.1, 0.15) is 0 Å². The lowest BCUT2D eigenvalue weighted by Crippen LogP contribution is -2.20. The average molecular weight is 459 g/mol. The smallest absolute Gasteiger partial charge is 0.0771 e. The van der Waals surface area contributed by atoms with Crippen LogP contribution in [0.1, 0.15) is 48.3 Å². The first kappa shape index (κ1) is 25.5. The summed E-state index contributed by atoms with van der Waals surface area (Å²) in [6.45, 7) is 1.77. The van der Waals surface area contributed by atoms with E-state index in [1.54, 1.807) is 17.4 Å². The third kappa shape index (κ3) is 8.08. The molecule has 0 amide bonds. The summed E-state index contributed by atoms with van der Waals surface area (Å²) in [5.41, 5.74) is 0. The van der Waals surface area contributed by atoms with E-state index in [-0.39, 0.29) is 18.4 Å². The number of hydrogen-bond donors (Lipinski definition) is 5. The van der Waals surface area contributed by atoms with Gasteiger partial charge < -0.3 is 25.5 Å². The van der Waals surface area contributed by atoms with Crippen molar-refractivity contribution < 1.29 is 25.5 Å². The lowest BCUT2D eigenvalue weighted by atomic mass is 9.89. The van der Waals surface area contributed by atoms with Gasteiger partial charge in [0.2, 0.25) is 0 Å². The molecular weight excluding hydrogens is 424 g/mol. The monoisotopic (exact) mass is 458 g/mol. The Morgan fingerprint density at radius 1 is 1.20 bits per heavy atom. The second kappa shape index (κ2) is 13.0. The number of aliphatic hydroxyl groups excluding tert-OH is 5. The van der Waals surface area contributed by atoms with Crippen molar-refractivity contribution in [2.75, 3.05) is 6.61 Å². The fourth-order valence-corrected chi connectivity index (χ4v) is 5.18. The van der Waals surface area contributed by atoms with E-state index in [1.807, 2.05) is 31.2 Å². The van der Waals surface area contributed by atoms with Gasteiger partial charge in [-0.3, -0.25) is 0 Å². The zero-order chi connectivity index (χ0) is 22.1. The Bertz CT molecular complexity index is 670. The van der Waals surface area contributed by atoms with E-state index in [2.05, 4.69) is 0 Å². The van der Waals surface area contributed by atoms with Gasteiger partial charge in [0.25, 0.3) is 0 Å². The molecule has 0 aliphatic heterocycles. The topological polar surface area (TPSA) is 101 Å². The zero-order valence-electron chi connectivity index (χ0n) is 17.5. The molecule has 170 valence electrons. The molecule has 7 heteroatoms. The molecule has 0 radical (unpaired) electrons. The minimum absolute atomic E-state index is 0.0820. The van der Waals surface area contributed by atoms with Gasteiger partial charge in [-0.25, -0.2) is 0 Å². The van der Waals surface area contributed by atoms with Crippen molar-refractivity contribution in [2.24, 2.45) is 11.8 Å². The predicted molar refractivity (Wildman–Crippen MR) is 122 cm³/mol. The summed E-state index contributed by atoms with van der Waals surface area (Å²) in [7, 11) is 0. The van der Waals surface area contributed by atoms with Crippen molar-refractivity contribution in [3.8, 4) is 0 Å². The van der Waals surface area contributed by atoms with Gasteiger partial charge in [-0.2, -0.15) is 0 Å². The highest BCUT2D eigenvalue weighted by molar-refractivity contribution is 7.12. The zero-order valence-corrected chi connectivity index (χ0v) is 19.1. The van der Waals surface area contributed by atoms with Crippen LogP contribution in [0, 0.1) is 18.8 Å². The molecule has 1 aliphatic carbocycles. The van der Waals surface area contributed by atoms with Crippen molar-refractivity contribution in [1.29, 1.82) is 0 Å². The average Bonchev–Trinajstić information content (AvgIpc) is 3.17. The number of allylic oxidation sites excluding steroid dienone is 2. The summed E-state index contributed by atoms with van der Waals surface area (Å²) in [6.07, 6.45) is 9.66. The molecule has 0 saturated heterocycles. The maximum atomic E-state index is 10.3. The first-order valence-electron chi connectivity index (χ1n) is 10.7. The Kier molecular flexibility index (Phi) is 11.0. The highest BCUT2D eigenvalue weighted by Gasteiger charge is 2.39. The molecule has 30 heavy (non-hydrogen) atoms. The van der Waals surface area contributed by atoms with Crippen molar-refractivity contribution in [3.05, 3.63) is 45.1 Å². The number of aliphatic hydroxyl groups is 5. The maximum Gasteiger partial charge on any atom is 0.0771 e. The molecule has 0 aromatic carbocycles. The van der Waals surface area contributed by atoms with Crippen LogP contribution in [-0.2, 0) is 6.42 Å². The van der Waals surface area contributed by atoms with Crippen LogP contribution < -0.4 is 0 Å². The third-order valence-corrected chi connectivity index (χ3v) is 7.37. The largest absolute Gasteiger partial charge is 0.394 e. The van der Waals surface area contributed by atoms with Crippen molar-refractivity contribution >= 4 is 22.9 Å². The van der Waals surface area contributed by atoms with E-state index in [9.17, 15) is 20.4 Å². The number of thiophene rings is 1. The lowest BCUT2D eigenvalue weighted by molar-refractivity contribution is 0.0868. The molecule has 1 aromatic rings. The van der Waals surface area contributed by atoms with Crippen LogP contribution in [0.3, 0.4) is 0 Å². The van der Waals surface area contributed by atoms with Crippen LogP contribution in [0.25, 0.3) is 0 Å². The molecule has 1 fully saturated rings. The molecule has 2 rings (SSSR count). The number of halogens is 1. The minimum Gasteiger partial charge on any atom is -0.394 e. The van der Waals surface area contributed by atoms with Gasteiger partial charge in [0.05, 0.1) is 36.0 Å². The lowest BCUT2D eigenvalue weighted by Gasteiger charge is -2.19. The van der Waals surface area contributed by atoms with E-state index in [0.717, 1.165) is 34.0 Å². The number of unbranched alkanes of at least 4 members (excludes halogenated alkanes) is 1. The maximum absolute atomic E-state index is 10.3. The molecule has 6 atom stereocenters. The van der Waals surface area contributed by atoms with Crippen LogP contribution in [0.15, 0.2) is 30.4 Å². The molecule has 1 aromatic heterocycles. The Morgan fingerprint density at radius 3 is 2.63 bits per heavy atom. The van der Waals surface area contributed by atoms with Gasteiger partial charge in [-0.15, -0.1) is 11.3 Å². The van der Waals surface area contributed by atoms with Gasteiger partial charge >= 0.3 is 0 Å². The van der Waals surface area contributed by atoms with Crippen LogP contribution in [0.5, 0.6) is 0 Å². The van der Waals surface area contributed by atoms with Crippen molar-refractivity contribution in [3.63, 3.8) is 0 Å². The number of rotatable bonds is 12. The molecule has 1 saturated carbocycles. The normalized spacial score (nSPS) is 26.8. The van der Waals surface area contributed by atoms with Crippen LogP contribution in [-0.4, -0.2) is 56.6 Å². The molecule has 5 nitrogen and oxygen atoms in total. The van der Waals surface area contributed by atoms with E-state index in [1.165, 1.54) is 0 Å². The highest BCUT2D eigenvalue weighted by atomic mass is 35.5. The van der Waals surface area contributed by atoms with Crippen LogP contribution in [0.4, 0.5) is 0 Å². The SMILES string of the molecule is Cc1sc(CC[C@H](O)C=C[C@@H]2[C@@H](CC=CCCCC(O)CO)[C@@H](O)C[C@H]2O)cc1Cl. The third-order valence-electron chi connectivity index (χ3n) is 5.76. The van der Waals surface area contributed by atoms with Gasteiger partial charge in [-0.05, 0) is 57.4 Å². The number of aryl methyl sites for hydroxylation is 2. The first-order chi connectivity index (χ1) is 14.3. The Balaban J connectivity index is 1.81. The molecule has 1 aliphatic rings. The molecule has 5 N–H and O–H groups in total. The Hall–Kier alpha value is -0.730. The van der Waals surface area contributed by atoms with E-state index in [0.29, 0.717) is 25.7 Å². The van der Waals surface area contributed by atoms with Crippen LogP contribution in [0.2, 0.25) is 5.02 Å². The summed E-state index contributed by atoms with van der Waals surface area (Å²) in [5.74, 6) is -0.268. The summed E-state index contributed by atoms with van der Waals surface area (Å²) in [6, 6.07) is 1.95. The molecule has 1 unspecified atom stereocenters. The van der Waals surface area contributed by atoms with Crippen molar-refractivity contribution in [2.45, 2.75) is 76.3 Å². The molecule has 0 spiro atoms. The molecular formula is C23H35ClO5S. The van der Waals surface area contributed by atoms with Crippen molar-refractivity contribution in [1.82, 2.24) is 0 Å². The quantitative estimate of drug-likeness (QED) is 0.244. The Morgan fingerprint density at radius 2 is 1.97 bits per heavy atom. The van der Waals surface area contributed by atoms with E-state index in [4.69, 9.17) is 16.7 Å². The minimum atomic E-state index is -0.660. The highest BCUT2D eigenvalue weighted by Crippen LogP contribution is 2.36. The standard InChI is InChI=1S/C23H35ClO5S/c1-15-21(24)12-18(30-15)10-8-16(26)9-11-20-19(22(28)13-23(20)29)7-5-3-2-4-6-17(27)14-25/h3,5,9,11-12,16-17,19-20,22-23,25-29H,2,4,6-8,10,13-14H2,1H3/t16-,17?,19+,20+,22-,23+/m0/s1. The van der Waals surface area contributed by atoms with Gasteiger partial charge in [-0.1, -0.05) is 35.9 Å². The fraction of sp³-hybridized carbons (Fsp3) is 0.652. The summed E-state index contributed by atoms with van der Waals surface area (Å²) in [4.78, 5) is 2.23. The summed E-state index contributed by atoms with van der Waals surface area (Å²) >= 11 is 7.73. The predicted octanol–water partition coefficient (Wildman–Crippen LogP) is 3.39. The van der Waals surface area contributed by atoms with Crippen LogP contribution >= 0.6 is 22.9 Å². The van der Waals surface area contributed by atoms with Gasteiger partial charge in [0, 0.05) is 22.1 Å². The fourth-order valence-electron chi connectivity index (χ4n) is 3.92. The summed E-state index contributed by atoms with van der Waals surface area (Å²) < 4.78 is 0. The molecule has 1 heterocycles. The number of hydrogen-bond acceptors (Lipinski definition) is 6. The summed E-state index contributed by atoms with van der Waals surface area (Å²) in [5, 5.41) is 49.9. The van der Waals surface area contributed by atoms with E-state index >= 15 is 0 Å². The second-order valence-corrected chi connectivity index (χ2v) is 9.94. The Labute approximate surface area is 188 Å². The van der Waals surface area contributed by atoms with E-state index < -0.39 is 24.4 Å². The second-order valence-electron chi connectivity index (χ2n) is 8.19. The molecule has 0 bridgehead atoms. The van der Waals surface area contributed by atoms with Gasteiger partial charge in [0.15, 0.2) is 0 Å². The first-order valence-corrected chi connectivity index (χ1v) is 11.9.